The van der Waals surface area contributed by atoms with E-state index in [0.717, 1.165) is 17.8 Å². The minimum absolute atomic E-state index is 0.0737. The van der Waals surface area contributed by atoms with Gasteiger partial charge in [-0.3, -0.25) is 0 Å². The Labute approximate surface area is 108 Å². The number of anilines is 1. The third kappa shape index (κ3) is 3.23. The second-order valence-electron chi connectivity index (χ2n) is 4.19. The highest BCUT2D eigenvalue weighted by Gasteiger charge is 2.13. The van der Waals surface area contributed by atoms with Crippen LogP contribution in [0.15, 0.2) is 18.2 Å². The highest BCUT2D eigenvalue weighted by Crippen LogP contribution is 2.22. The summed E-state index contributed by atoms with van der Waals surface area (Å²) in [5.74, 6) is -0.0889. The summed E-state index contributed by atoms with van der Waals surface area (Å²) in [7, 11) is 0. The number of hydrogen-bond acceptors (Lipinski definition) is 4. The monoisotopic (exact) mass is 243 g/mol. The summed E-state index contributed by atoms with van der Waals surface area (Å²) in [5.41, 5.74) is 2.08. The quantitative estimate of drug-likeness (QED) is 0.859. The van der Waals surface area contributed by atoms with Gasteiger partial charge in [0.2, 0.25) is 0 Å². The molecule has 0 amide bonds. The van der Waals surface area contributed by atoms with Crippen LogP contribution in [0.1, 0.15) is 25.0 Å². The Kier molecular flexibility index (Phi) is 5.17. The normalized spacial score (nSPS) is 11.4. The average Bonchev–Trinajstić information content (AvgIpc) is 2.43. The molecule has 0 aliphatic carbocycles. The van der Waals surface area contributed by atoms with Gasteiger partial charge in [0, 0.05) is 13.1 Å². The van der Waals surface area contributed by atoms with Crippen LogP contribution in [0.2, 0.25) is 0 Å². The third-order valence-electron chi connectivity index (χ3n) is 2.80. The lowest BCUT2D eigenvalue weighted by atomic mass is 10.1. The molecule has 1 aromatic carbocycles. The molecule has 4 nitrogen and oxygen atoms in total. The first-order chi connectivity index (χ1) is 8.65. The van der Waals surface area contributed by atoms with E-state index in [0.29, 0.717) is 12.1 Å². The van der Waals surface area contributed by atoms with Crippen LogP contribution < -0.4 is 4.90 Å². The zero-order valence-electron chi connectivity index (χ0n) is 10.7. The van der Waals surface area contributed by atoms with Crippen molar-refractivity contribution in [3.05, 3.63) is 29.3 Å². The Balaban J connectivity index is 3.07. The fourth-order valence-corrected chi connectivity index (χ4v) is 1.82. The third-order valence-corrected chi connectivity index (χ3v) is 2.80. The van der Waals surface area contributed by atoms with Crippen LogP contribution in [-0.2, 0) is 6.61 Å². The first-order valence-corrected chi connectivity index (χ1v) is 5.94. The first kappa shape index (κ1) is 14.0. The van der Waals surface area contributed by atoms with Gasteiger partial charge in [0.1, 0.15) is 6.07 Å². The second kappa shape index (κ2) is 6.64. The van der Waals surface area contributed by atoms with Crippen LogP contribution in [-0.4, -0.2) is 18.2 Å². The smallest absolute Gasteiger partial charge is 0.101 e. The summed E-state index contributed by atoms with van der Waals surface area (Å²) in [5, 5.41) is 27.1. The number of benzene rings is 1. The van der Waals surface area contributed by atoms with Crippen molar-refractivity contribution in [2.24, 2.45) is 5.92 Å². The zero-order chi connectivity index (χ0) is 13.5. The Morgan fingerprint density at radius 3 is 2.61 bits per heavy atom. The maximum Gasteiger partial charge on any atom is 0.101 e. The molecule has 1 aromatic rings. The fourth-order valence-electron chi connectivity index (χ4n) is 1.82. The van der Waals surface area contributed by atoms with Gasteiger partial charge in [-0.05, 0) is 31.5 Å². The highest BCUT2D eigenvalue weighted by atomic mass is 16.3. The lowest BCUT2D eigenvalue weighted by Crippen LogP contribution is -2.28. The molecule has 0 aromatic heterocycles. The molecule has 0 fully saturated rings. The van der Waals surface area contributed by atoms with Crippen LogP contribution in [0.4, 0.5) is 5.69 Å². The Morgan fingerprint density at radius 2 is 2.11 bits per heavy atom. The molecule has 0 radical (unpaired) electrons. The summed E-state index contributed by atoms with van der Waals surface area (Å²) < 4.78 is 0. The van der Waals surface area contributed by atoms with Crippen LogP contribution in [0.25, 0.3) is 0 Å². The van der Waals surface area contributed by atoms with E-state index in [1.165, 1.54) is 0 Å². The number of hydrogen-bond donors (Lipinski definition) is 1. The van der Waals surface area contributed by atoms with E-state index in [-0.39, 0.29) is 12.5 Å². The van der Waals surface area contributed by atoms with E-state index in [9.17, 15) is 0 Å². The van der Waals surface area contributed by atoms with Gasteiger partial charge in [-0.25, -0.2) is 0 Å². The van der Waals surface area contributed by atoms with Crippen molar-refractivity contribution in [1.82, 2.24) is 0 Å². The molecule has 0 spiro atoms. The number of rotatable bonds is 5. The number of nitriles is 2. The van der Waals surface area contributed by atoms with Crippen molar-refractivity contribution in [2.75, 3.05) is 18.0 Å². The van der Waals surface area contributed by atoms with E-state index in [4.69, 9.17) is 15.6 Å². The molecule has 0 heterocycles. The van der Waals surface area contributed by atoms with Crippen molar-refractivity contribution < 1.29 is 5.11 Å². The minimum atomic E-state index is -0.0889. The molecule has 0 saturated heterocycles. The number of aliphatic hydroxyl groups is 1. The van der Waals surface area contributed by atoms with E-state index >= 15 is 0 Å². The van der Waals surface area contributed by atoms with Crippen LogP contribution in [0, 0.1) is 28.6 Å². The topological polar surface area (TPSA) is 71.1 Å². The lowest BCUT2D eigenvalue weighted by Gasteiger charge is -2.25. The lowest BCUT2D eigenvalue weighted by molar-refractivity contribution is 0.282. The number of nitrogens with zero attached hydrogens (tertiary/aromatic N) is 3. The molecule has 1 unspecified atom stereocenters. The van der Waals surface area contributed by atoms with E-state index in [1.54, 1.807) is 12.1 Å². The van der Waals surface area contributed by atoms with Crippen molar-refractivity contribution in [2.45, 2.75) is 20.5 Å². The van der Waals surface area contributed by atoms with Gasteiger partial charge >= 0.3 is 0 Å². The van der Waals surface area contributed by atoms with E-state index in [1.807, 2.05) is 24.8 Å². The molecular formula is C14H17N3O. The molecule has 0 bridgehead atoms. The molecule has 0 aliphatic heterocycles. The van der Waals surface area contributed by atoms with E-state index in [2.05, 4.69) is 12.1 Å². The molecular weight excluding hydrogens is 226 g/mol. The van der Waals surface area contributed by atoms with Crippen LogP contribution in [0.5, 0.6) is 0 Å². The molecule has 18 heavy (non-hydrogen) atoms. The van der Waals surface area contributed by atoms with Crippen LogP contribution >= 0.6 is 0 Å². The predicted molar refractivity (Wildman–Crippen MR) is 69.7 cm³/mol. The maximum atomic E-state index is 9.15. The minimum Gasteiger partial charge on any atom is -0.392 e. The number of aliphatic hydroxyl groups excluding tert-OH is 1. The Bertz CT molecular complexity index is 485. The molecule has 1 N–H and O–H groups in total. The van der Waals surface area contributed by atoms with Gasteiger partial charge in [-0.1, -0.05) is 6.07 Å². The van der Waals surface area contributed by atoms with Crippen molar-refractivity contribution >= 4 is 5.69 Å². The fraction of sp³-hybridized carbons (Fsp3) is 0.429. The largest absolute Gasteiger partial charge is 0.392 e. The second-order valence-corrected chi connectivity index (χ2v) is 4.19. The van der Waals surface area contributed by atoms with Gasteiger partial charge in [0.05, 0.1) is 29.8 Å². The van der Waals surface area contributed by atoms with Gasteiger partial charge < -0.3 is 10.0 Å². The van der Waals surface area contributed by atoms with Gasteiger partial charge in [-0.2, -0.15) is 10.5 Å². The van der Waals surface area contributed by atoms with E-state index < -0.39 is 0 Å². The maximum absolute atomic E-state index is 9.15. The van der Waals surface area contributed by atoms with Gasteiger partial charge in [0.25, 0.3) is 0 Å². The molecule has 1 rings (SSSR count). The van der Waals surface area contributed by atoms with Crippen molar-refractivity contribution in [3.8, 4) is 12.1 Å². The molecule has 1 atom stereocenters. The molecule has 0 saturated carbocycles. The van der Waals surface area contributed by atoms with Crippen LogP contribution in [0.3, 0.4) is 0 Å². The molecule has 94 valence electrons. The zero-order valence-corrected chi connectivity index (χ0v) is 10.7. The molecule has 0 aliphatic rings. The summed E-state index contributed by atoms with van der Waals surface area (Å²) in [6.07, 6.45) is 0. The molecule has 4 heteroatoms. The summed E-state index contributed by atoms with van der Waals surface area (Å²) >= 11 is 0. The van der Waals surface area contributed by atoms with Gasteiger partial charge in [-0.15, -0.1) is 0 Å². The van der Waals surface area contributed by atoms with Crippen molar-refractivity contribution in [1.29, 1.82) is 10.5 Å². The summed E-state index contributed by atoms with van der Waals surface area (Å²) in [6, 6.07) is 9.66. The first-order valence-electron chi connectivity index (χ1n) is 5.94. The van der Waals surface area contributed by atoms with Gasteiger partial charge in [0.15, 0.2) is 0 Å². The highest BCUT2D eigenvalue weighted by molar-refractivity contribution is 5.60. The van der Waals surface area contributed by atoms with Crippen molar-refractivity contribution in [3.63, 3.8) is 0 Å². The standard InChI is InChI=1S/C14H17N3O/c1-3-17(9-11(2)7-15)14-5-4-12(10-18)6-13(14)8-16/h4-6,11,18H,3,9-10H2,1-2H3. The summed E-state index contributed by atoms with van der Waals surface area (Å²) in [4.78, 5) is 2.01. The predicted octanol–water partition coefficient (Wildman–Crippen LogP) is 2.04. The summed E-state index contributed by atoms with van der Waals surface area (Å²) in [6.45, 7) is 5.11. The SMILES string of the molecule is CCN(CC(C)C#N)c1ccc(CO)cc1C#N. The average molecular weight is 243 g/mol. The Hall–Kier alpha value is -2.04. The Morgan fingerprint density at radius 1 is 1.39 bits per heavy atom.